The summed E-state index contributed by atoms with van der Waals surface area (Å²) in [6.07, 6.45) is 3.39. The van der Waals surface area contributed by atoms with E-state index in [2.05, 4.69) is 11.8 Å². The Kier molecular flexibility index (Phi) is 9.78. The van der Waals surface area contributed by atoms with E-state index in [1.807, 2.05) is 10.3 Å². The fourth-order valence-electron chi connectivity index (χ4n) is 6.08. The van der Waals surface area contributed by atoms with Crippen LogP contribution < -0.4 is 0 Å². The molecule has 224 valence electrons. The van der Waals surface area contributed by atoms with E-state index in [1.165, 1.54) is 49.3 Å². The van der Waals surface area contributed by atoms with E-state index in [0.29, 0.717) is 47.9 Å². The summed E-state index contributed by atoms with van der Waals surface area (Å²) < 4.78 is 39.1. The molecule has 0 N–H and O–H groups in total. The number of benzene rings is 2. The Labute approximate surface area is 249 Å². The zero-order chi connectivity index (χ0) is 29.7. The number of piperidine rings is 2. The van der Waals surface area contributed by atoms with E-state index in [-0.39, 0.29) is 17.6 Å². The number of unbranched alkanes of at least 4 members (excludes halogenated alkanes) is 1. The molecule has 5 rings (SSSR count). The Morgan fingerprint density at radius 2 is 1.69 bits per heavy atom. The summed E-state index contributed by atoms with van der Waals surface area (Å²) in [4.78, 5) is 35.3. The lowest BCUT2D eigenvalue weighted by Crippen LogP contribution is -2.38. The minimum absolute atomic E-state index is 0.108. The maximum atomic E-state index is 13.5. The lowest BCUT2D eigenvalue weighted by atomic mass is 9.94. The molecule has 0 spiro atoms. The van der Waals surface area contributed by atoms with Crippen LogP contribution in [0.4, 0.5) is 13.2 Å². The van der Waals surface area contributed by atoms with Crippen LogP contribution in [0.2, 0.25) is 0 Å². The molecule has 3 heterocycles. The van der Waals surface area contributed by atoms with Gasteiger partial charge in [0.2, 0.25) is 0 Å². The molecule has 2 fully saturated rings. The minimum atomic E-state index is -4.41. The highest BCUT2D eigenvalue weighted by molar-refractivity contribution is 7.09. The van der Waals surface area contributed by atoms with E-state index >= 15 is 0 Å². The number of alkyl halides is 3. The van der Waals surface area contributed by atoms with Gasteiger partial charge in [-0.05, 0) is 87.9 Å². The number of hydrogen-bond donors (Lipinski definition) is 0. The van der Waals surface area contributed by atoms with Crippen molar-refractivity contribution in [3.63, 3.8) is 0 Å². The Hall–Kier alpha value is -3.04. The first-order valence-electron chi connectivity index (χ1n) is 15.0. The Morgan fingerprint density at radius 1 is 0.952 bits per heavy atom. The quantitative estimate of drug-likeness (QED) is 0.185. The van der Waals surface area contributed by atoms with Crippen molar-refractivity contribution >= 4 is 23.0 Å². The van der Waals surface area contributed by atoms with Crippen molar-refractivity contribution in [1.82, 2.24) is 14.8 Å². The van der Waals surface area contributed by atoms with Gasteiger partial charge in [-0.2, -0.15) is 13.2 Å². The van der Waals surface area contributed by atoms with Gasteiger partial charge in [0.25, 0.3) is 5.91 Å². The van der Waals surface area contributed by atoms with Gasteiger partial charge in [0, 0.05) is 42.4 Å². The summed E-state index contributed by atoms with van der Waals surface area (Å²) >= 11 is 1.53. The maximum absolute atomic E-state index is 13.5. The summed E-state index contributed by atoms with van der Waals surface area (Å²) in [5.74, 6) is 0.181. The predicted molar refractivity (Wildman–Crippen MR) is 160 cm³/mol. The van der Waals surface area contributed by atoms with E-state index in [9.17, 15) is 22.8 Å². The van der Waals surface area contributed by atoms with Crippen LogP contribution in [0.25, 0.3) is 11.1 Å². The third-order valence-electron chi connectivity index (χ3n) is 8.66. The molecule has 2 saturated heterocycles. The van der Waals surface area contributed by atoms with Gasteiger partial charge < -0.3 is 9.80 Å². The maximum Gasteiger partial charge on any atom is 0.416 e. The number of thiazole rings is 1. The normalized spacial score (nSPS) is 18.8. The van der Waals surface area contributed by atoms with Gasteiger partial charge in [-0.15, -0.1) is 11.3 Å². The summed E-state index contributed by atoms with van der Waals surface area (Å²) in [7, 11) is 0. The van der Waals surface area contributed by atoms with E-state index in [1.54, 1.807) is 24.3 Å². The zero-order valence-electron chi connectivity index (χ0n) is 24.0. The molecular weight excluding hydrogens is 559 g/mol. The molecule has 2 aliphatic heterocycles. The summed E-state index contributed by atoms with van der Waals surface area (Å²) in [5.41, 5.74) is 1.51. The highest BCUT2D eigenvalue weighted by atomic mass is 32.1. The summed E-state index contributed by atoms with van der Waals surface area (Å²) in [6, 6.07) is 12.6. The van der Waals surface area contributed by atoms with Crippen LogP contribution in [0.1, 0.15) is 95.6 Å². The number of amides is 1. The van der Waals surface area contributed by atoms with Gasteiger partial charge in [0.1, 0.15) is 5.69 Å². The second-order valence-electron chi connectivity index (χ2n) is 11.5. The van der Waals surface area contributed by atoms with Crippen LogP contribution in [-0.4, -0.2) is 58.7 Å². The van der Waals surface area contributed by atoms with E-state index in [0.717, 1.165) is 49.4 Å². The molecule has 1 unspecified atom stereocenters. The van der Waals surface area contributed by atoms with Crippen molar-refractivity contribution < 1.29 is 22.8 Å². The molecule has 1 atom stereocenters. The lowest BCUT2D eigenvalue weighted by molar-refractivity contribution is -0.137. The van der Waals surface area contributed by atoms with Gasteiger partial charge in [-0.3, -0.25) is 9.59 Å². The van der Waals surface area contributed by atoms with Crippen molar-refractivity contribution in [2.75, 3.05) is 26.2 Å². The number of halogens is 3. The molecule has 5 nitrogen and oxygen atoms in total. The molecular formula is C33H38F3N3O2S. The SMILES string of the molecule is CC1CCCCN1CCCCC(=O)c1csc(C2CCN(C(=O)c3ccccc3-c3ccc(C(F)(F)F)cc3)CC2)n1. The molecule has 42 heavy (non-hydrogen) atoms. The Morgan fingerprint density at radius 3 is 2.40 bits per heavy atom. The predicted octanol–water partition coefficient (Wildman–Crippen LogP) is 8.08. The van der Waals surface area contributed by atoms with Crippen LogP contribution in [0.5, 0.6) is 0 Å². The first kappa shape index (κ1) is 30.4. The molecule has 3 aromatic rings. The summed E-state index contributed by atoms with van der Waals surface area (Å²) in [6.45, 7) is 5.64. The third-order valence-corrected chi connectivity index (χ3v) is 9.67. The van der Waals surface area contributed by atoms with Crippen molar-refractivity contribution in [2.45, 2.75) is 76.4 Å². The monoisotopic (exact) mass is 597 g/mol. The van der Waals surface area contributed by atoms with Gasteiger partial charge in [-0.1, -0.05) is 36.8 Å². The number of carbonyl (C=O) groups excluding carboxylic acids is 2. The number of Topliss-reactive ketones (excluding diaryl/α,β-unsaturated/α-hetero) is 1. The molecule has 2 aliphatic rings. The van der Waals surface area contributed by atoms with E-state index in [4.69, 9.17) is 4.98 Å². The van der Waals surface area contributed by atoms with Crippen LogP contribution in [0.3, 0.4) is 0 Å². The van der Waals surface area contributed by atoms with Gasteiger partial charge in [0.15, 0.2) is 5.78 Å². The first-order valence-corrected chi connectivity index (χ1v) is 15.9. The first-order chi connectivity index (χ1) is 20.2. The fourth-order valence-corrected chi connectivity index (χ4v) is 7.08. The van der Waals surface area contributed by atoms with Crippen LogP contribution in [0.15, 0.2) is 53.9 Å². The molecule has 0 aliphatic carbocycles. The smallest absolute Gasteiger partial charge is 0.339 e. The van der Waals surface area contributed by atoms with Crippen molar-refractivity contribution in [1.29, 1.82) is 0 Å². The highest BCUT2D eigenvalue weighted by Gasteiger charge is 2.31. The second kappa shape index (κ2) is 13.5. The number of hydrogen-bond acceptors (Lipinski definition) is 5. The number of carbonyl (C=O) groups is 2. The Balaban J connectivity index is 1.13. The number of aromatic nitrogens is 1. The summed E-state index contributed by atoms with van der Waals surface area (Å²) in [5, 5.41) is 2.83. The fraction of sp³-hybridized carbons (Fsp3) is 0.485. The average molecular weight is 598 g/mol. The van der Waals surface area contributed by atoms with Crippen molar-refractivity contribution in [3.05, 3.63) is 75.7 Å². The van der Waals surface area contributed by atoms with Crippen LogP contribution in [0, 0.1) is 0 Å². The standard InChI is InChI=1S/C33H38F3N3O2S/c1-23-8-4-6-18-38(23)19-7-5-11-30(40)29-22-42-31(37-29)25-16-20-39(21-17-25)32(41)28-10-3-2-9-27(28)24-12-14-26(15-13-24)33(34,35)36/h2-3,9-10,12-15,22-23,25H,4-8,11,16-21H2,1H3. The molecule has 1 amide bonds. The highest BCUT2D eigenvalue weighted by Crippen LogP contribution is 2.34. The van der Waals surface area contributed by atoms with Crippen molar-refractivity contribution in [2.24, 2.45) is 0 Å². The lowest BCUT2D eigenvalue weighted by Gasteiger charge is -2.33. The van der Waals surface area contributed by atoms with Crippen LogP contribution >= 0.6 is 11.3 Å². The number of nitrogens with zero attached hydrogens (tertiary/aromatic N) is 3. The van der Waals surface area contributed by atoms with Gasteiger partial charge in [0.05, 0.1) is 10.6 Å². The molecule has 9 heteroatoms. The number of ketones is 1. The molecule has 0 saturated carbocycles. The molecule has 0 bridgehead atoms. The minimum Gasteiger partial charge on any atom is -0.339 e. The molecule has 1 aromatic heterocycles. The largest absolute Gasteiger partial charge is 0.416 e. The number of likely N-dealkylation sites (tertiary alicyclic amines) is 2. The van der Waals surface area contributed by atoms with Crippen molar-refractivity contribution in [3.8, 4) is 11.1 Å². The van der Waals surface area contributed by atoms with Gasteiger partial charge in [-0.25, -0.2) is 4.98 Å². The topological polar surface area (TPSA) is 53.5 Å². The molecule has 2 aromatic carbocycles. The molecule has 0 radical (unpaired) electrons. The second-order valence-corrected chi connectivity index (χ2v) is 12.4. The van der Waals surface area contributed by atoms with Crippen LogP contribution in [-0.2, 0) is 6.18 Å². The Bertz CT molecular complexity index is 1360. The van der Waals surface area contributed by atoms with E-state index < -0.39 is 11.7 Å². The zero-order valence-corrected chi connectivity index (χ0v) is 24.9. The average Bonchev–Trinajstić information content (AvgIpc) is 3.50. The third kappa shape index (κ3) is 7.29. The van der Waals surface area contributed by atoms with Gasteiger partial charge >= 0.3 is 6.18 Å². The number of rotatable bonds is 9.